The minimum absolute atomic E-state index is 0.0132. The van der Waals surface area contributed by atoms with Gasteiger partial charge in [0.05, 0.1) is 18.8 Å². The fourth-order valence-electron chi connectivity index (χ4n) is 5.01. The molecule has 5 atom stereocenters. The summed E-state index contributed by atoms with van der Waals surface area (Å²) >= 11 is 0. The van der Waals surface area contributed by atoms with E-state index in [1.165, 1.54) is 0 Å². The van der Waals surface area contributed by atoms with Gasteiger partial charge in [0.2, 0.25) is 5.91 Å². The first-order valence-electron chi connectivity index (χ1n) is 10.8. The lowest BCUT2D eigenvalue weighted by atomic mass is 9.66. The lowest BCUT2D eigenvalue weighted by Gasteiger charge is -2.52. The predicted molar refractivity (Wildman–Crippen MR) is 113 cm³/mol. The average molecular weight is 419 g/mol. The Labute approximate surface area is 178 Å². The molecule has 30 heavy (non-hydrogen) atoms. The molecule has 1 saturated carbocycles. The van der Waals surface area contributed by atoms with Crippen LogP contribution in [-0.2, 0) is 14.3 Å². The molecular weight excluding hydrogens is 384 g/mol. The molecule has 3 N–H and O–H groups in total. The summed E-state index contributed by atoms with van der Waals surface area (Å²) in [7, 11) is 0. The Morgan fingerprint density at radius 2 is 2.03 bits per heavy atom. The summed E-state index contributed by atoms with van der Waals surface area (Å²) in [5, 5.41) is 3.23. The normalized spacial score (nSPS) is 30.8. The predicted octanol–water partition coefficient (Wildman–Crippen LogP) is 3.11. The van der Waals surface area contributed by atoms with Gasteiger partial charge in [-0.25, -0.2) is 0 Å². The van der Waals surface area contributed by atoms with Gasteiger partial charge < -0.3 is 25.3 Å². The highest BCUT2D eigenvalue weighted by Gasteiger charge is 2.49. The lowest BCUT2D eigenvalue weighted by molar-refractivity contribution is -0.153. The van der Waals surface area contributed by atoms with Crippen LogP contribution in [0.3, 0.4) is 0 Å². The zero-order valence-electron chi connectivity index (χ0n) is 18.4. The molecule has 7 nitrogen and oxygen atoms in total. The highest BCUT2D eigenvalue weighted by molar-refractivity contribution is 5.75. The molecule has 2 amide bonds. The fraction of sp³-hybridized carbons (Fsp3) is 0.652. The molecule has 2 aliphatic rings. The molecule has 1 aromatic rings. The first-order chi connectivity index (χ1) is 14.2. The number of nitrogens with one attached hydrogen (secondary N) is 1. The van der Waals surface area contributed by atoms with E-state index in [9.17, 15) is 9.59 Å². The van der Waals surface area contributed by atoms with Crippen LogP contribution in [0.5, 0.6) is 11.5 Å². The van der Waals surface area contributed by atoms with Gasteiger partial charge >= 0.3 is 0 Å². The molecule has 3 rings (SSSR count). The van der Waals surface area contributed by atoms with E-state index in [1.54, 1.807) is 13.0 Å². The van der Waals surface area contributed by atoms with E-state index >= 15 is 0 Å². The Kier molecular flexibility index (Phi) is 6.91. The minimum atomic E-state index is -0.541. The van der Waals surface area contributed by atoms with Crippen LogP contribution in [0.25, 0.3) is 0 Å². The van der Waals surface area contributed by atoms with Crippen molar-refractivity contribution in [3.8, 4) is 11.5 Å². The maximum absolute atomic E-state index is 12.0. The molecule has 1 aromatic carbocycles. The Hall–Kier alpha value is -2.28. The SMILES string of the molecule is CCOc1cc([C@H]2C[C@@](C)(NC(C)=O)[C@@H]3CC[C@@H](C)C[C@H]3O2)ccc1OCC(N)=O. The zero-order chi connectivity index (χ0) is 21.9. The van der Waals surface area contributed by atoms with Crippen molar-refractivity contribution in [2.45, 2.75) is 71.1 Å². The second kappa shape index (κ2) is 9.25. The molecule has 0 bridgehead atoms. The number of fused-ring (bicyclic) bond motifs is 1. The Balaban J connectivity index is 1.88. The summed E-state index contributed by atoms with van der Waals surface area (Å²) in [5.41, 5.74) is 5.84. The maximum Gasteiger partial charge on any atom is 0.255 e. The van der Waals surface area contributed by atoms with Crippen LogP contribution in [0.4, 0.5) is 0 Å². The van der Waals surface area contributed by atoms with Crippen molar-refractivity contribution >= 4 is 11.8 Å². The lowest BCUT2D eigenvalue weighted by Crippen LogP contribution is -2.60. The molecule has 166 valence electrons. The average Bonchev–Trinajstić information content (AvgIpc) is 2.65. The van der Waals surface area contributed by atoms with Gasteiger partial charge in [-0.2, -0.15) is 0 Å². The molecule has 7 heteroatoms. The van der Waals surface area contributed by atoms with E-state index in [2.05, 4.69) is 19.2 Å². The monoisotopic (exact) mass is 418 g/mol. The summed E-state index contributed by atoms with van der Waals surface area (Å²) in [6.45, 7) is 8.13. The topological polar surface area (TPSA) is 99.9 Å². The number of amides is 2. The second-order valence-corrected chi connectivity index (χ2v) is 8.88. The number of primary amides is 1. The van der Waals surface area contributed by atoms with E-state index in [1.807, 2.05) is 19.1 Å². The Morgan fingerprint density at radius 3 is 2.70 bits per heavy atom. The second-order valence-electron chi connectivity index (χ2n) is 8.88. The number of carbonyl (C=O) groups excluding carboxylic acids is 2. The van der Waals surface area contributed by atoms with Gasteiger partial charge in [0.1, 0.15) is 0 Å². The van der Waals surface area contributed by atoms with Crippen molar-refractivity contribution < 1.29 is 23.8 Å². The van der Waals surface area contributed by atoms with Gasteiger partial charge in [0.25, 0.3) is 5.91 Å². The van der Waals surface area contributed by atoms with Crippen LogP contribution in [-0.4, -0.2) is 36.7 Å². The largest absolute Gasteiger partial charge is 0.490 e. The third-order valence-electron chi connectivity index (χ3n) is 6.29. The standard InChI is InChI=1S/C23H34N2O5/c1-5-28-20-11-16(7-9-18(20)29-13-22(24)27)21-12-23(4,25-15(3)26)17-8-6-14(2)10-19(17)30-21/h7,9,11,14,17,19,21H,5-6,8,10,12-13H2,1-4H3,(H2,24,27)(H,25,26)/t14-,17-,19-,21-,23-/m1/s1. The molecule has 0 unspecified atom stereocenters. The summed E-state index contributed by atoms with van der Waals surface area (Å²) in [6.07, 6.45) is 3.83. The van der Waals surface area contributed by atoms with Crippen molar-refractivity contribution in [1.82, 2.24) is 5.32 Å². The van der Waals surface area contributed by atoms with Crippen LogP contribution in [0.15, 0.2) is 18.2 Å². The molecule has 0 radical (unpaired) electrons. The van der Waals surface area contributed by atoms with E-state index in [0.717, 1.165) is 24.8 Å². The van der Waals surface area contributed by atoms with Crippen LogP contribution in [0.1, 0.15) is 65.0 Å². The van der Waals surface area contributed by atoms with Gasteiger partial charge in [0.15, 0.2) is 18.1 Å². The maximum atomic E-state index is 12.0. The number of rotatable bonds is 7. The summed E-state index contributed by atoms with van der Waals surface area (Å²) in [6, 6.07) is 5.63. The number of nitrogens with two attached hydrogens (primary N) is 1. The Bertz CT molecular complexity index is 783. The molecule has 1 aliphatic heterocycles. The molecule has 1 heterocycles. The minimum Gasteiger partial charge on any atom is -0.490 e. The summed E-state index contributed by atoms with van der Waals surface area (Å²) < 4.78 is 17.8. The van der Waals surface area contributed by atoms with E-state index in [4.69, 9.17) is 19.9 Å². The number of hydrogen-bond donors (Lipinski definition) is 2. The number of hydrogen-bond acceptors (Lipinski definition) is 5. The van der Waals surface area contributed by atoms with E-state index in [-0.39, 0.29) is 30.3 Å². The summed E-state index contributed by atoms with van der Waals surface area (Å²) in [4.78, 5) is 23.1. The first-order valence-corrected chi connectivity index (χ1v) is 10.8. The van der Waals surface area contributed by atoms with Crippen LogP contribution >= 0.6 is 0 Å². The van der Waals surface area contributed by atoms with Crippen molar-refractivity contribution in [1.29, 1.82) is 0 Å². The third kappa shape index (κ3) is 5.06. The van der Waals surface area contributed by atoms with Gasteiger partial charge in [0, 0.05) is 24.8 Å². The third-order valence-corrected chi connectivity index (χ3v) is 6.29. The smallest absolute Gasteiger partial charge is 0.255 e. The molecular formula is C23H34N2O5. The molecule has 0 spiro atoms. The number of carbonyl (C=O) groups is 2. The van der Waals surface area contributed by atoms with Crippen molar-refractivity contribution in [2.24, 2.45) is 17.6 Å². The van der Waals surface area contributed by atoms with E-state index < -0.39 is 5.91 Å². The highest BCUT2D eigenvalue weighted by atomic mass is 16.5. The molecule has 1 saturated heterocycles. The van der Waals surface area contributed by atoms with Crippen molar-refractivity contribution in [3.63, 3.8) is 0 Å². The summed E-state index contributed by atoms with van der Waals surface area (Å²) in [5.74, 6) is 1.39. The molecule has 2 fully saturated rings. The van der Waals surface area contributed by atoms with Gasteiger partial charge in [-0.1, -0.05) is 19.4 Å². The van der Waals surface area contributed by atoms with Crippen molar-refractivity contribution in [3.05, 3.63) is 23.8 Å². The van der Waals surface area contributed by atoms with E-state index in [0.29, 0.717) is 36.4 Å². The molecule has 0 aromatic heterocycles. The quantitative estimate of drug-likeness (QED) is 0.709. The number of ether oxygens (including phenoxy) is 3. The van der Waals surface area contributed by atoms with Crippen LogP contribution in [0.2, 0.25) is 0 Å². The van der Waals surface area contributed by atoms with Gasteiger partial charge in [-0.15, -0.1) is 0 Å². The van der Waals surface area contributed by atoms with Crippen LogP contribution in [0, 0.1) is 11.8 Å². The van der Waals surface area contributed by atoms with Crippen LogP contribution < -0.4 is 20.5 Å². The molecule has 1 aliphatic carbocycles. The van der Waals surface area contributed by atoms with Crippen molar-refractivity contribution in [2.75, 3.05) is 13.2 Å². The van der Waals surface area contributed by atoms with Gasteiger partial charge in [-0.05, 0) is 50.3 Å². The Morgan fingerprint density at radius 1 is 1.27 bits per heavy atom. The van der Waals surface area contributed by atoms with Gasteiger partial charge in [-0.3, -0.25) is 9.59 Å². The first kappa shape index (κ1) is 22.4. The number of benzene rings is 1. The highest BCUT2D eigenvalue weighted by Crippen LogP contribution is 2.48. The zero-order valence-corrected chi connectivity index (χ0v) is 18.4. The fourth-order valence-corrected chi connectivity index (χ4v) is 5.01.